The van der Waals surface area contributed by atoms with Crippen LogP contribution in [0.3, 0.4) is 0 Å². The maximum absolute atomic E-state index is 12.5. The van der Waals surface area contributed by atoms with Gasteiger partial charge in [0.2, 0.25) is 0 Å². The summed E-state index contributed by atoms with van der Waals surface area (Å²) in [4.78, 5) is 19.7. The largest absolute Gasteiger partial charge is 0.385 e. The molecular formula is C14H19N5O4S. The van der Waals surface area contributed by atoms with E-state index in [-0.39, 0.29) is 24.5 Å². The number of amides is 2. The number of fused-ring (bicyclic) bond motifs is 2. The molecule has 2 aliphatic heterocycles. The minimum Gasteiger partial charge on any atom is -0.385 e. The van der Waals surface area contributed by atoms with E-state index in [1.165, 1.54) is 9.96 Å². The van der Waals surface area contributed by atoms with Crippen LogP contribution in [0, 0.1) is 0 Å². The molecule has 0 aromatic heterocycles. The molecular weight excluding hydrogens is 334 g/mol. The third-order valence-corrected chi connectivity index (χ3v) is 4.58. The first-order valence-corrected chi connectivity index (χ1v) is 9.00. The summed E-state index contributed by atoms with van der Waals surface area (Å²) in [6.07, 6.45) is 1.15. The number of amidine groups is 1. The average molecular weight is 353 g/mol. The molecule has 2 heterocycles. The van der Waals surface area contributed by atoms with Crippen molar-refractivity contribution >= 4 is 22.1 Å². The second-order valence-corrected chi connectivity index (χ2v) is 7.01. The van der Waals surface area contributed by atoms with E-state index in [0.29, 0.717) is 19.4 Å². The summed E-state index contributed by atoms with van der Waals surface area (Å²) in [7, 11) is -4.09. The van der Waals surface area contributed by atoms with Crippen molar-refractivity contribution in [3.05, 3.63) is 35.9 Å². The Bertz CT molecular complexity index is 752. The monoisotopic (exact) mass is 353 g/mol. The molecule has 2 amide bonds. The fraction of sp³-hybridized carbons (Fsp3) is 0.429. The normalized spacial score (nSPS) is 24.5. The second kappa shape index (κ2) is 6.38. The summed E-state index contributed by atoms with van der Waals surface area (Å²) in [5, 5.41) is 6.23. The van der Waals surface area contributed by atoms with Gasteiger partial charge in [-0.15, -0.1) is 4.40 Å². The van der Waals surface area contributed by atoms with E-state index in [1.54, 1.807) is 0 Å². The molecule has 2 bridgehead atoms. The van der Waals surface area contributed by atoms with Crippen LogP contribution in [0.4, 0.5) is 4.79 Å². The van der Waals surface area contributed by atoms with Crippen LogP contribution in [-0.4, -0.2) is 48.9 Å². The number of carbonyl (C=O) groups excluding carboxylic acids is 1. The Labute approximate surface area is 140 Å². The van der Waals surface area contributed by atoms with Gasteiger partial charge in [0.25, 0.3) is 0 Å². The molecule has 1 aromatic rings. The Hall–Kier alpha value is -2.17. The zero-order valence-corrected chi connectivity index (χ0v) is 13.7. The van der Waals surface area contributed by atoms with Crippen LogP contribution >= 0.6 is 0 Å². The first-order valence-electron chi connectivity index (χ1n) is 7.50. The Morgan fingerprint density at radius 2 is 2.00 bits per heavy atom. The minimum atomic E-state index is -4.09. The van der Waals surface area contributed by atoms with Crippen LogP contribution in [0.25, 0.3) is 0 Å². The lowest BCUT2D eigenvalue weighted by Crippen LogP contribution is -2.48. The molecule has 0 saturated carbocycles. The van der Waals surface area contributed by atoms with Gasteiger partial charge in [-0.2, -0.15) is 13.5 Å². The Balaban J connectivity index is 1.70. The third-order valence-electron chi connectivity index (χ3n) is 4.11. The SMILES string of the molecule is N/C(=N\S(N)(=O)=O)[C@@H]1CC[C@@H]2CN1C(=O)N2OCc1ccccc1. The van der Waals surface area contributed by atoms with E-state index in [1.807, 2.05) is 30.3 Å². The molecule has 2 saturated heterocycles. The number of urea groups is 1. The zero-order valence-electron chi connectivity index (χ0n) is 12.9. The highest BCUT2D eigenvalue weighted by atomic mass is 32.2. The van der Waals surface area contributed by atoms with Gasteiger partial charge in [-0.05, 0) is 18.4 Å². The molecule has 4 N–H and O–H groups in total. The van der Waals surface area contributed by atoms with Gasteiger partial charge in [-0.25, -0.2) is 9.93 Å². The number of carbonyl (C=O) groups is 1. The minimum absolute atomic E-state index is 0.0836. The van der Waals surface area contributed by atoms with E-state index in [4.69, 9.17) is 15.7 Å². The van der Waals surface area contributed by atoms with Crippen LogP contribution in [0.5, 0.6) is 0 Å². The fourth-order valence-corrected chi connectivity index (χ4v) is 3.45. The van der Waals surface area contributed by atoms with Gasteiger partial charge in [-0.1, -0.05) is 30.3 Å². The number of hydroxylamine groups is 2. The predicted molar refractivity (Wildman–Crippen MR) is 86.7 cm³/mol. The van der Waals surface area contributed by atoms with E-state index in [9.17, 15) is 13.2 Å². The van der Waals surface area contributed by atoms with E-state index >= 15 is 0 Å². The molecule has 2 fully saturated rings. The summed E-state index contributed by atoms with van der Waals surface area (Å²) in [5.41, 5.74) is 6.68. The molecule has 1 aromatic carbocycles. The highest BCUT2D eigenvalue weighted by Gasteiger charge is 2.47. The summed E-state index contributed by atoms with van der Waals surface area (Å²) < 4.78 is 25.4. The average Bonchev–Trinajstić information content (AvgIpc) is 2.76. The number of nitrogens with two attached hydrogens (primary N) is 2. The van der Waals surface area contributed by atoms with Gasteiger partial charge < -0.3 is 10.6 Å². The van der Waals surface area contributed by atoms with E-state index in [0.717, 1.165) is 5.56 Å². The maximum atomic E-state index is 12.5. The molecule has 0 aliphatic carbocycles. The molecule has 130 valence electrons. The topological polar surface area (TPSA) is 131 Å². The molecule has 3 rings (SSSR count). The van der Waals surface area contributed by atoms with Crippen molar-refractivity contribution in [1.29, 1.82) is 0 Å². The summed E-state index contributed by atoms with van der Waals surface area (Å²) in [5.74, 6) is -0.172. The van der Waals surface area contributed by atoms with E-state index in [2.05, 4.69) is 4.40 Å². The number of hydrogen-bond acceptors (Lipinski definition) is 4. The Morgan fingerprint density at radius 3 is 2.67 bits per heavy atom. The van der Waals surface area contributed by atoms with Crippen molar-refractivity contribution < 1.29 is 18.0 Å². The van der Waals surface area contributed by atoms with Gasteiger partial charge in [0, 0.05) is 6.54 Å². The molecule has 0 unspecified atom stereocenters. The molecule has 9 nitrogen and oxygen atoms in total. The quantitative estimate of drug-likeness (QED) is 0.566. The highest BCUT2D eigenvalue weighted by Crippen LogP contribution is 2.30. The van der Waals surface area contributed by atoms with Crippen molar-refractivity contribution in [2.75, 3.05) is 6.54 Å². The van der Waals surface area contributed by atoms with Crippen molar-refractivity contribution in [1.82, 2.24) is 9.96 Å². The van der Waals surface area contributed by atoms with Gasteiger partial charge in [0.05, 0.1) is 12.1 Å². The van der Waals surface area contributed by atoms with Crippen LogP contribution in [0.15, 0.2) is 34.7 Å². The van der Waals surface area contributed by atoms with Crippen LogP contribution in [-0.2, 0) is 21.7 Å². The Kier molecular flexibility index (Phi) is 4.43. The Morgan fingerprint density at radius 1 is 1.29 bits per heavy atom. The van der Waals surface area contributed by atoms with Gasteiger partial charge >= 0.3 is 16.2 Å². The van der Waals surface area contributed by atoms with Gasteiger partial charge in [0.1, 0.15) is 12.4 Å². The first-order chi connectivity index (χ1) is 11.3. The number of nitrogens with zero attached hydrogens (tertiary/aromatic N) is 3. The summed E-state index contributed by atoms with van der Waals surface area (Å²) in [6, 6.07) is 8.50. The molecule has 0 radical (unpaired) electrons. The van der Waals surface area contributed by atoms with Crippen molar-refractivity contribution in [3.63, 3.8) is 0 Å². The number of piperidine rings is 1. The van der Waals surface area contributed by atoms with Crippen molar-refractivity contribution in [2.45, 2.75) is 31.5 Å². The molecule has 0 spiro atoms. The van der Waals surface area contributed by atoms with Crippen LogP contribution < -0.4 is 10.9 Å². The zero-order chi connectivity index (χ0) is 17.3. The molecule has 2 atom stereocenters. The van der Waals surface area contributed by atoms with Crippen LogP contribution in [0.1, 0.15) is 18.4 Å². The smallest absolute Gasteiger partial charge is 0.344 e. The van der Waals surface area contributed by atoms with Gasteiger partial charge in [0.15, 0.2) is 0 Å². The second-order valence-electron chi connectivity index (χ2n) is 5.80. The number of rotatable bonds is 5. The van der Waals surface area contributed by atoms with E-state index < -0.39 is 16.3 Å². The molecule has 24 heavy (non-hydrogen) atoms. The lowest BCUT2D eigenvalue weighted by atomic mass is 10.0. The summed E-state index contributed by atoms with van der Waals surface area (Å²) >= 11 is 0. The first kappa shape index (κ1) is 16.7. The lowest BCUT2D eigenvalue weighted by Gasteiger charge is -2.29. The summed E-state index contributed by atoms with van der Waals surface area (Å²) in [6.45, 7) is 0.696. The fourth-order valence-electron chi connectivity index (χ4n) is 3.03. The van der Waals surface area contributed by atoms with Gasteiger partial charge in [-0.3, -0.25) is 4.84 Å². The number of benzene rings is 1. The van der Waals surface area contributed by atoms with Crippen molar-refractivity contribution in [2.24, 2.45) is 15.3 Å². The predicted octanol–water partition coefficient (Wildman–Crippen LogP) is -0.0525. The lowest BCUT2D eigenvalue weighted by molar-refractivity contribution is -0.140. The standard InChI is InChI=1S/C14H19N5O4S/c15-13(17-24(16,21)22)12-7-6-11-8-18(12)14(20)19(11)23-9-10-4-2-1-3-5-10/h1-5,11-12H,6-9H2,(H2,15,17)(H2,16,21,22)/t11-,12+/m1/s1. The third kappa shape index (κ3) is 3.50. The van der Waals surface area contributed by atoms with Crippen LogP contribution in [0.2, 0.25) is 0 Å². The van der Waals surface area contributed by atoms with Crippen molar-refractivity contribution in [3.8, 4) is 0 Å². The molecule has 2 aliphatic rings. The maximum Gasteiger partial charge on any atom is 0.344 e. The number of hydrogen-bond donors (Lipinski definition) is 2. The molecule has 10 heteroatoms. The highest BCUT2D eigenvalue weighted by molar-refractivity contribution is 7.88.